The van der Waals surface area contributed by atoms with Crippen LogP contribution in [-0.2, 0) is 9.53 Å². The summed E-state index contributed by atoms with van der Waals surface area (Å²) in [6.45, 7) is 9.09. The molecule has 3 aliphatic rings. The number of halogens is 2. The summed E-state index contributed by atoms with van der Waals surface area (Å²) in [5.41, 5.74) is 0. The van der Waals surface area contributed by atoms with Gasteiger partial charge in [0.1, 0.15) is 0 Å². The van der Waals surface area contributed by atoms with Crippen molar-refractivity contribution in [3.05, 3.63) is 0 Å². The van der Waals surface area contributed by atoms with E-state index in [2.05, 4.69) is 15.1 Å². The topological polar surface area (TPSA) is 44.8 Å². The van der Waals surface area contributed by atoms with Crippen LogP contribution in [0.2, 0.25) is 0 Å². The standard InChI is InChI=1S/C16H29N3O2.2ClH/c20-16(11-15-1-4-17-12-15)19-7-5-18(6-8-19)13-14-2-9-21-10-3-14;;/h14-15,17H,1-13H2;2*1H. The lowest BCUT2D eigenvalue weighted by atomic mass is 9.99. The quantitative estimate of drug-likeness (QED) is 0.815. The van der Waals surface area contributed by atoms with Gasteiger partial charge in [0.15, 0.2) is 0 Å². The van der Waals surface area contributed by atoms with Crippen molar-refractivity contribution in [1.82, 2.24) is 15.1 Å². The third-order valence-corrected chi connectivity index (χ3v) is 5.21. The number of ether oxygens (including phenoxy) is 1. The third kappa shape index (κ3) is 6.39. The predicted molar refractivity (Wildman–Crippen MR) is 96.7 cm³/mol. The molecule has 1 N–H and O–H groups in total. The van der Waals surface area contributed by atoms with E-state index in [1.807, 2.05) is 0 Å². The highest BCUT2D eigenvalue weighted by Crippen LogP contribution is 2.18. The van der Waals surface area contributed by atoms with Gasteiger partial charge in [-0.05, 0) is 44.2 Å². The number of nitrogens with zero attached hydrogens (tertiary/aromatic N) is 2. The molecule has 0 aromatic carbocycles. The molecule has 23 heavy (non-hydrogen) atoms. The second kappa shape index (κ2) is 10.7. The summed E-state index contributed by atoms with van der Waals surface area (Å²) in [5, 5.41) is 3.34. The lowest BCUT2D eigenvalue weighted by Gasteiger charge is -2.37. The fourth-order valence-corrected chi connectivity index (χ4v) is 3.74. The molecule has 0 saturated carbocycles. The minimum Gasteiger partial charge on any atom is -0.381 e. The van der Waals surface area contributed by atoms with Crippen LogP contribution >= 0.6 is 24.8 Å². The largest absolute Gasteiger partial charge is 0.381 e. The van der Waals surface area contributed by atoms with Crippen molar-refractivity contribution in [1.29, 1.82) is 0 Å². The zero-order chi connectivity index (χ0) is 14.5. The van der Waals surface area contributed by atoms with Crippen LogP contribution in [0.15, 0.2) is 0 Å². The van der Waals surface area contributed by atoms with E-state index in [1.54, 1.807) is 0 Å². The predicted octanol–water partition coefficient (Wildman–Crippen LogP) is 1.40. The molecule has 3 saturated heterocycles. The second-order valence-electron chi connectivity index (χ2n) is 6.80. The first kappa shape index (κ1) is 21.0. The Morgan fingerprint density at radius 1 is 1.00 bits per heavy atom. The van der Waals surface area contributed by atoms with Gasteiger partial charge in [0.25, 0.3) is 0 Å². The molecule has 0 bridgehead atoms. The molecule has 5 nitrogen and oxygen atoms in total. The third-order valence-electron chi connectivity index (χ3n) is 5.21. The van der Waals surface area contributed by atoms with E-state index in [0.29, 0.717) is 11.8 Å². The van der Waals surface area contributed by atoms with Gasteiger partial charge in [-0.3, -0.25) is 9.69 Å². The Bertz CT molecular complexity index is 340. The van der Waals surface area contributed by atoms with Crippen molar-refractivity contribution in [3.63, 3.8) is 0 Å². The molecule has 0 spiro atoms. The molecule has 1 atom stereocenters. The van der Waals surface area contributed by atoms with Gasteiger partial charge in [-0.25, -0.2) is 0 Å². The molecule has 0 aliphatic carbocycles. The number of amides is 1. The second-order valence-corrected chi connectivity index (χ2v) is 6.80. The molecular weight excluding hydrogens is 337 g/mol. The Hall–Kier alpha value is -0.0700. The highest BCUT2D eigenvalue weighted by Gasteiger charge is 2.26. The average Bonchev–Trinajstić information content (AvgIpc) is 3.02. The monoisotopic (exact) mass is 367 g/mol. The molecule has 3 heterocycles. The van der Waals surface area contributed by atoms with E-state index < -0.39 is 0 Å². The number of rotatable bonds is 4. The summed E-state index contributed by atoms with van der Waals surface area (Å²) in [7, 11) is 0. The molecule has 3 aliphatic heterocycles. The van der Waals surface area contributed by atoms with Crippen molar-refractivity contribution < 1.29 is 9.53 Å². The lowest BCUT2D eigenvalue weighted by Crippen LogP contribution is -2.50. The van der Waals surface area contributed by atoms with Gasteiger partial charge in [0, 0.05) is 52.4 Å². The van der Waals surface area contributed by atoms with E-state index in [1.165, 1.54) is 19.4 Å². The van der Waals surface area contributed by atoms with Crippen LogP contribution in [0.5, 0.6) is 0 Å². The van der Waals surface area contributed by atoms with E-state index in [-0.39, 0.29) is 24.8 Å². The van der Waals surface area contributed by atoms with Gasteiger partial charge in [-0.1, -0.05) is 0 Å². The Morgan fingerprint density at radius 3 is 2.30 bits per heavy atom. The van der Waals surface area contributed by atoms with Gasteiger partial charge in [-0.2, -0.15) is 0 Å². The number of carbonyl (C=O) groups is 1. The van der Waals surface area contributed by atoms with Crippen LogP contribution in [0.3, 0.4) is 0 Å². The minimum atomic E-state index is 0. The van der Waals surface area contributed by atoms with Crippen molar-refractivity contribution >= 4 is 30.7 Å². The van der Waals surface area contributed by atoms with Crippen molar-refractivity contribution in [3.8, 4) is 0 Å². The van der Waals surface area contributed by atoms with Crippen molar-refractivity contribution in [2.24, 2.45) is 11.8 Å². The van der Waals surface area contributed by atoms with Gasteiger partial charge >= 0.3 is 0 Å². The smallest absolute Gasteiger partial charge is 0.222 e. The van der Waals surface area contributed by atoms with Gasteiger partial charge in [0.2, 0.25) is 5.91 Å². The van der Waals surface area contributed by atoms with E-state index >= 15 is 0 Å². The fraction of sp³-hybridized carbons (Fsp3) is 0.938. The highest BCUT2D eigenvalue weighted by molar-refractivity contribution is 5.85. The van der Waals surface area contributed by atoms with Crippen molar-refractivity contribution in [2.75, 3.05) is 59.0 Å². The number of hydrogen-bond donors (Lipinski definition) is 1. The summed E-state index contributed by atoms with van der Waals surface area (Å²) < 4.78 is 5.42. The molecule has 136 valence electrons. The molecule has 0 aromatic heterocycles. The molecule has 0 aromatic rings. The van der Waals surface area contributed by atoms with Crippen LogP contribution < -0.4 is 5.32 Å². The first-order valence-electron chi connectivity index (χ1n) is 8.60. The fourth-order valence-electron chi connectivity index (χ4n) is 3.74. The zero-order valence-corrected chi connectivity index (χ0v) is 15.5. The first-order valence-corrected chi connectivity index (χ1v) is 8.60. The van der Waals surface area contributed by atoms with Crippen LogP contribution in [0.1, 0.15) is 25.7 Å². The summed E-state index contributed by atoms with van der Waals surface area (Å²) in [6, 6.07) is 0. The maximum Gasteiger partial charge on any atom is 0.222 e. The van der Waals surface area contributed by atoms with Gasteiger partial charge in [0.05, 0.1) is 0 Å². The lowest BCUT2D eigenvalue weighted by molar-refractivity contribution is -0.134. The van der Waals surface area contributed by atoms with Crippen LogP contribution in [0.25, 0.3) is 0 Å². The molecule has 1 unspecified atom stereocenters. The number of piperazine rings is 1. The number of carbonyl (C=O) groups excluding carboxylic acids is 1. The molecule has 1 amide bonds. The SMILES string of the molecule is Cl.Cl.O=C(CC1CCNC1)N1CCN(CC2CCOCC2)CC1. The summed E-state index contributed by atoms with van der Waals surface area (Å²) in [4.78, 5) is 16.9. The molecular formula is C16H31Cl2N3O2. The maximum atomic E-state index is 12.3. The van der Waals surface area contributed by atoms with E-state index in [0.717, 1.165) is 71.2 Å². The summed E-state index contributed by atoms with van der Waals surface area (Å²) >= 11 is 0. The van der Waals surface area contributed by atoms with Crippen LogP contribution in [0, 0.1) is 11.8 Å². The summed E-state index contributed by atoms with van der Waals surface area (Å²) in [6.07, 6.45) is 4.31. The molecule has 3 fully saturated rings. The average molecular weight is 368 g/mol. The zero-order valence-electron chi connectivity index (χ0n) is 13.9. The Morgan fingerprint density at radius 2 is 1.70 bits per heavy atom. The van der Waals surface area contributed by atoms with Crippen LogP contribution in [0.4, 0.5) is 0 Å². The van der Waals surface area contributed by atoms with E-state index in [9.17, 15) is 4.79 Å². The molecule has 0 radical (unpaired) electrons. The maximum absolute atomic E-state index is 12.3. The van der Waals surface area contributed by atoms with E-state index in [4.69, 9.17) is 4.74 Å². The first-order chi connectivity index (χ1) is 10.3. The Kier molecular flexibility index (Phi) is 9.78. The Labute approximate surface area is 152 Å². The van der Waals surface area contributed by atoms with Gasteiger partial charge < -0.3 is 15.0 Å². The Balaban J connectivity index is 0.00000132. The molecule has 7 heteroatoms. The normalized spacial score (nSPS) is 26.4. The number of nitrogens with one attached hydrogen (secondary N) is 1. The molecule has 3 rings (SSSR count). The number of hydrogen-bond acceptors (Lipinski definition) is 4. The summed E-state index contributed by atoms with van der Waals surface area (Å²) in [5.74, 6) is 1.73. The van der Waals surface area contributed by atoms with Crippen LogP contribution in [-0.4, -0.2) is 74.7 Å². The minimum absolute atomic E-state index is 0. The highest BCUT2D eigenvalue weighted by atomic mass is 35.5. The van der Waals surface area contributed by atoms with Gasteiger partial charge in [-0.15, -0.1) is 24.8 Å². The van der Waals surface area contributed by atoms with Crippen molar-refractivity contribution in [2.45, 2.75) is 25.7 Å².